The van der Waals surface area contributed by atoms with Crippen LogP contribution in [0.15, 0.2) is 104 Å². The molecular formula is C42H33F12N2O+. The fraction of sp³-hybridized carbons (Fsp3) is 0.310. The van der Waals surface area contributed by atoms with Gasteiger partial charge >= 0.3 is 24.7 Å². The first kappa shape index (κ1) is 40.3. The van der Waals surface area contributed by atoms with Gasteiger partial charge in [0.2, 0.25) is 0 Å². The van der Waals surface area contributed by atoms with E-state index in [2.05, 4.69) is 11.6 Å². The van der Waals surface area contributed by atoms with Gasteiger partial charge in [-0.25, -0.2) is 0 Å². The average molecular weight is 810 g/mol. The van der Waals surface area contributed by atoms with E-state index in [1.54, 1.807) is 42.6 Å². The molecule has 3 saturated heterocycles. The van der Waals surface area contributed by atoms with Gasteiger partial charge in [0.05, 0.1) is 40.9 Å². The SMILES string of the molecule is C=CC1C[N@+]2(Cc3cc(-c4cc(C(F)(F)F)cc(C(F)(F)F)c4)cc(-c4cc(C(F)(F)F)cc(C(F)(F)F)c4)c3)CCC1CC2C(O)c1ccnc2ccccc12. The molecule has 0 spiro atoms. The lowest BCUT2D eigenvalue weighted by Gasteiger charge is -2.58. The Balaban J connectivity index is 1.44. The van der Waals surface area contributed by atoms with Gasteiger partial charge in [0.25, 0.3) is 0 Å². The molecule has 57 heavy (non-hydrogen) atoms. The smallest absolute Gasteiger partial charge is 0.382 e. The van der Waals surface area contributed by atoms with Crippen molar-refractivity contribution in [2.45, 2.75) is 56.2 Å². The van der Waals surface area contributed by atoms with Crippen molar-refractivity contribution in [3.8, 4) is 22.3 Å². The summed E-state index contributed by atoms with van der Waals surface area (Å²) in [6.07, 6.45) is -17.6. The molecule has 3 nitrogen and oxygen atoms in total. The number of pyridine rings is 1. The molecule has 2 bridgehead atoms. The van der Waals surface area contributed by atoms with Crippen LogP contribution in [0.4, 0.5) is 52.7 Å². The van der Waals surface area contributed by atoms with Crippen molar-refractivity contribution in [2.24, 2.45) is 11.8 Å². The first-order valence-corrected chi connectivity index (χ1v) is 17.8. The number of aliphatic hydroxyl groups is 1. The van der Waals surface area contributed by atoms with E-state index in [-0.39, 0.29) is 51.7 Å². The van der Waals surface area contributed by atoms with Crippen LogP contribution in [0.3, 0.4) is 0 Å². The van der Waals surface area contributed by atoms with Crippen LogP contribution in [0.5, 0.6) is 0 Å². The number of hydrogen-bond donors (Lipinski definition) is 1. The average Bonchev–Trinajstić information content (AvgIpc) is 3.15. The Kier molecular flexibility index (Phi) is 10.0. The summed E-state index contributed by atoms with van der Waals surface area (Å²) in [5.41, 5.74) is -7.02. The molecule has 5 atom stereocenters. The summed E-state index contributed by atoms with van der Waals surface area (Å²) in [5.74, 6) is 0.0589. The van der Waals surface area contributed by atoms with Crippen LogP contribution in [-0.2, 0) is 31.2 Å². The van der Waals surface area contributed by atoms with E-state index in [4.69, 9.17) is 0 Å². The Hall–Kier alpha value is -4.89. The van der Waals surface area contributed by atoms with Crippen LogP contribution >= 0.6 is 0 Å². The number of benzene rings is 4. The van der Waals surface area contributed by atoms with Crippen LogP contribution in [0.25, 0.3) is 33.2 Å². The highest BCUT2D eigenvalue weighted by Gasteiger charge is 2.54. The summed E-state index contributed by atoms with van der Waals surface area (Å²) in [4.78, 5) is 4.38. The van der Waals surface area contributed by atoms with Crippen molar-refractivity contribution in [1.29, 1.82) is 0 Å². The van der Waals surface area contributed by atoms with Crippen molar-refractivity contribution in [2.75, 3.05) is 13.1 Å². The fourth-order valence-electron chi connectivity index (χ4n) is 8.69. The minimum Gasteiger partial charge on any atom is -0.382 e. The number of rotatable bonds is 7. The highest BCUT2D eigenvalue weighted by atomic mass is 19.4. The summed E-state index contributed by atoms with van der Waals surface area (Å²) in [7, 11) is 0. The van der Waals surface area contributed by atoms with Gasteiger partial charge in [0.15, 0.2) is 0 Å². The molecule has 0 saturated carbocycles. The second-order valence-corrected chi connectivity index (χ2v) is 14.9. The van der Waals surface area contributed by atoms with Crippen molar-refractivity contribution in [1.82, 2.24) is 4.98 Å². The van der Waals surface area contributed by atoms with Crippen molar-refractivity contribution in [3.05, 3.63) is 137 Å². The zero-order valence-corrected chi connectivity index (χ0v) is 29.7. The van der Waals surface area contributed by atoms with Crippen LogP contribution < -0.4 is 0 Å². The van der Waals surface area contributed by atoms with Crippen LogP contribution in [-0.4, -0.2) is 33.7 Å². The van der Waals surface area contributed by atoms with E-state index in [9.17, 15) is 57.8 Å². The quantitative estimate of drug-likeness (QED) is 0.101. The summed E-state index contributed by atoms with van der Waals surface area (Å²) in [6.45, 7) is 4.82. The second-order valence-electron chi connectivity index (χ2n) is 14.9. The van der Waals surface area contributed by atoms with Gasteiger partial charge < -0.3 is 9.59 Å². The third-order valence-electron chi connectivity index (χ3n) is 11.4. The van der Waals surface area contributed by atoms with Crippen LogP contribution in [0.2, 0.25) is 0 Å². The summed E-state index contributed by atoms with van der Waals surface area (Å²) in [6, 6.07) is 13.6. The van der Waals surface area contributed by atoms with Gasteiger partial charge in [-0.05, 0) is 100 Å². The summed E-state index contributed by atoms with van der Waals surface area (Å²) in [5, 5.41) is 12.9. The number of hydrogen-bond acceptors (Lipinski definition) is 2. The van der Waals surface area contributed by atoms with Gasteiger partial charge in [0, 0.05) is 35.9 Å². The highest BCUT2D eigenvalue weighted by molar-refractivity contribution is 5.82. The lowest BCUT2D eigenvalue weighted by molar-refractivity contribution is -0.984. The van der Waals surface area contributed by atoms with E-state index in [0.29, 0.717) is 66.7 Å². The molecule has 3 aliphatic rings. The maximum absolute atomic E-state index is 14.0. The lowest BCUT2D eigenvalue weighted by atomic mass is 9.71. The molecule has 5 aromatic rings. The molecule has 1 N–H and O–H groups in total. The van der Waals surface area contributed by atoms with Crippen molar-refractivity contribution >= 4 is 10.9 Å². The van der Waals surface area contributed by atoms with Crippen LogP contribution in [0.1, 0.15) is 52.3 Å². The second kappa shape index (κ2) is 14.2. The minimum atomic E-state index is -5.24. The molecule has 8 rings (SSSR count). The lowest BCUT2D eigenvalue weighted by Crippen LogP contribution is -2.67. The number of halogens is 12. The molecule has 0 amide bonds. The molecule has 0 radical (unpaired) electrons. The van der Waals surface area contributed by atoms with Crippen molar-refractivity contribution < 1.29 is 62.3 Å². The Labute approximate surface area is 318 Å². The number of alkyl halides is 12. The largest absolute Gasteiger partial charge is 0.416 e. The third-order valence-corrected chi connectivity index (χ3v) is 11.4. The first-order chi connectivity index (χ1) is 26.6. The third kappa shape index (κ3) is 8.00. The first-order valence-electron chi connectivity index (χ1n) is 17.8. The van der Waals surface area contributed by atoms with Crippen molar-refractivity contribution in [3.63, 3.8) is 0 Å². The molecule has 300 valence electrons. The number of fused-ring (bicyclic) bond motifs is 4. The molecule has 4 unspecified atom stereocenters. The number of para-hydroxylation sites is 1. The van der Waals surface area contributed by atoms with E-state index >= 15 is 0 Å². The molecule has 15 heteroatoms. The summed E-state index contributed by atoms with van der Waals surface area (Å²) >= 11 is 0. The predicted octanol–water partition coefficient (Wildman–Crippen LogP) is 12.3. The Morgan fingerprint density at radius 1 is 0.684 bits per heavy atom. The van der Waals surface area contributed by atoms with E-state index < -0.39 is 70.2 Å². The van der Waals surface area contributed by atoms with Crippen LogP contribution in [0, 0.1) is 11.8 Å². The normalized spacial score (nSPS) is 22.2. The predicted molar refractivity (Wildman–Crippen MR) is 188 cm³/mol. The molecule has 3 aliphatic heterocycles. The molecule has 3 fully saturated rings. The van der Waals surface area contributed by atoms with Gasteiger partial charge in [0.1, 0.15) is 18.7 Å². The van der Waals surface area contributed by atoms with Gasteiger partial charge in [-0.3, -0.25) is 4.98 Å². The zero-order chi connectivity index (χ0) is 41.3. The van der Waals surface area contributed by atoms with E-state index in [0.717, 1.165) is 6.07 Å². The Morgan fingerprint density at radius 2 is 1.18 bits per heavy atom. The topological polar surface area (TPSA) is 33.1 Å². The van der Waals surface area contributed by atoms with Gasteiger partial charge in [-0.1, -0.05) is 24.3 Å². The molecular weight excluding hydrogens is 776 g/mol. The maximum Gasteiger partial charge on any atom is 0.416 e. The minimum absolute atomic E-state index is 0.0289. The molecule has 4 heterocycles. The van der Waals surface area contributed by atoms with E-state index in [1.807, 2.05) is 0 Å². The maximum atomic E-state index is 14.0. The molecule has 4 aromatic carbocycles. The van der Waals surface area contributed by atoms with E-state index in [1.165, 1.54) is 12.1 Å². The standard InChI is InChI=1S/C42H33F12N2O/c1-2-24-22-56(10-8-25(24)18-37(56)38(57)35-7-9-55-36-6-4-3-5-34(35)36)21-23-11-26(28-14-30(39(43,44)45)19-31(15-28)40(46,47)48)13-27(12-23)29-16-32(41(49,50)51)20-33(17-29)42(52,53)54/h2-7,9,11-17,19-20,24-25,37-38,57H,1,8,10,18,21-22H2/q+1/t24?,25?,37?,38?,56-/m1/s1. The number of quaternary nitrogens is 1. The highest BCUT2D eigenvalue weighted by Crippen LogP contribution is 2.49. The monoisotopic (exact) mass is 809 g/mol. The van der Waals surface area contributed by atoms with Gasteiger partial charge in [-0.2, -0.15) is 52.7 Å². The fourth-order valence-corrected chi connectivity index (χ4v) is 8.69. The Morgan fingerprint density at radius 3 is 1.67 bits per heavy atom. The number of nitrogens with zero attached hydrogens (tertiary/aromatic N) is 2. The molecule has 0 aliphatic carbocycles. The number of aliphatic hydroxyl groups excluding tert-OH is 1. The molecule has 1 aromatic heterocycles. The Bertz CT molecular complexity index is 2160. The number of piperidine rings is 3. The number of aromatic nitrogens is 1. The zero-order valence-electron chi connectivity index (χ0n) is 29.7. The van der Waals surface area contributed by atoms with Gasteiger partial charge in [-0.15, -0.1) is 6.58 Å². The summed E-state index contributed by atoms with van der Waals surface area (Å²) < 4.78 is 168.